The van der Waals surface area contributed by atoms with Gasteiger partial charge in [-0.3, -0.25) is 0 Å². The fourth-order valence-corrected chi connectivity index (χ4v) is 16.8. The Balaban J connectivity index is 1.10. The number of hydrogen-bond acceptors (Lipinski definition) is 2. The zero-order chi connectivity index (χ0) is 74.0. The maximum absolute atomic E-state index is 2.72. The Labute approximate surface area is 619 Å². The molecule has 0 fully saturated rings. The summed E-state index contributed by atoms with van der Waals surface area (Å²) < 4.78 is 7.71. The molecule has 0 N–H and O–H groups in total. The fourth-order valence-electron chi connectivity index (χ4n) is 16.8. The highest BCUT2D eigenvalue weighted by atomic mass is 15.2. The lowest BCUT2D eigenvalue weighted by Crippen LogP contribution is -2.61. The molecule has 526 valence electrons. The number of hydrogen-bond donors (Lipinski definition) is 0. The van der Waals surface area contributed by atoms with Gasteiger partial charge in [-0.15, -0.1) is 0 Å². The summed E-state index contributed by atoms with van der Waals surface area (Å²) in [6.45, 7) is 56.5. The Hall–Kier alpha value is -9.52. The number of rotatable bonds is 5. The minimum atomic E-state index is -0.197. The van der Waals surface area contributed by atoms with E-state index in [0.29, 0.717) is 0 Å². The van der Waals surface area contributed by atoms with Crippen LogP contribution in [0.1, 0.15) is 211 Å². The minimum absolute atomic E-state index is 0.0422. The smallest absolute Gasteiger partial charge is 0.252 e. The topological polar surface area (TPSA) is 21.3 Å². The van der Waals surface area contributed by atoms with Gasteiger partial charge < -0.3 is 23.5 Å². The normalized spacial score (nSPS) is 14.1. The van der Waals surface area contributed by atoms with Gasteiger partial charge >= 0.3 is 0 Å². The number of nitrogens with zero attached hydrogens (tertiary/aromatic N) is 5. The standard InChI is InChI=1S/C98H106BN5/c1-91(2,3)59-33-41-82-74(51-59)75-52-60(92(4,5)6)34-42-83(75)101(82)68-38-40-79-87(56-68)104(70-49-65(97(19,20)21)46-66(50-70)98(22,23)24)89-58-71(102-84-43-35-61(93(7,8)9)53-76(84)77-54-62(94(10,11)12)36-44-85(77)102)57-88-90(89)99(79)78-39-37-67(100-80-31-27-25-29-72(80)73-30-26-28-32-81(73)100)55-86(78)103(88)69-47-63(95(13,14)15)45-64(48-69)96(16,17)18/h25-58H,1-24H3. The fraction of sp³-hybridized carbons (Fsp3) is 0.327. The lowest BCUT2D eigenvalue weighted by molar-refractivity contribution is 0.568. The summed E-state index contributed by atoms with van der Waals surface area (Å²) in [6, 6.07) is 82.4. The van der Waals surface area contributed by atoms with E-state index >= 15 is 0 Å². The van der Waals surface area contributed by atoms with Gasteiger partial charge in [0.15, 0.2) is 0 Å². The zero-order valence-corrected chi connectivity index (χ0v) is 66.4. The van der Waals surface area contributed by atoms with Crippen LogP contribution in [-0.4, -0.2) is 20.4 Å². The molecule has 2 aliphatic rings. The Morgan fingerprint density at radius 2 is 0.462 bits per heavy atom. The molecule has 3 aromatic heterocycles. The first kappa shape index (κ1) is 68.9. The van der Waals surface area contributed by atoms with E-state index in [0.717, 1.165) is 28.4 Å². The second kappa shape index (κ2) is 23.0. The Kier molecular flexibility index (Phi) is 15.2. The Morgan fingerprint density at radius 3 is 0.750 bits per heavy atom. The third-order valence-corrected chi connectivity index (χ3v) is 23.2. The summed E-state index contributed by atoms with van der Waals surface area (Å²) in [5, 5.41) is 7.58. The lowest BCUT2D eigenvalue weighted by Gasteiger charge is -2.45. The number of para-hydroxylation sites is 2. The molecule has 0 aliphatic carbocycles. The molecule has 2 aliphatic heterocycles. The van der Waals surface area contributed by atoms with Crippen LogP contribution in [0.15, 0.2) is 206 Å². The highest BCUT2D eigenvalue weighted by Crippen LogP contribution is 2.51. The van der Waals surface area contributed by atoms with E-state index < -0.39 is 0 Å². The van der Waals surface area contributed by atoms with Crippen LogP contribution in [0.5, 0.6) is 0 Å². The number of benzene rings is 11. The molecular weight excluding hydrogens is 1260 g/mol. The van der Waals surface area contributed by atoms with Gasteiger partial charge in [0.25, 0.3) is 6.71 Å². The van der Waals surface area contributed by atoms with E-state index in [2.05, 4.69) is 396 Å². The van der Waals surface area contributed by atoms with Crippen molar-refractivity contribution in [3.05, 3.63) is 251 Å². The molecule has 0 saturated carbocycles. The van der Waals surface area contributed by atoms with E-state index in [1.54, 1.807) is 0 Å². The quantitative estimate of drug-likeness (QED) is 0.160. The van der Waals surface area contributed by atoms with Gasteiger partial charge in [-0.1, -0.05) is 251 Å². The van der Waals surface area contributed by atoms with E-state index in [4.69, 9.17) is 0 Å². The summed E-state index contributed by atoms with van der Waals surface area (Å²) in [5.41, 5.74) is 31.0. The van der Waals surface area contributed by atoms with Crippen molar-refractivity contribution in [2.45, 2.75) is 209 Å². The molecule has 0 saturated heterocycles. The molecule has 14 aromatic rings. The summed E-state index contributed by atoms with van der Waals surface area (Å²) >= 11 is 0. The van der Waals surface area contributed by atoms with Crippen molar-refractivity contribution in [3.8, 4) is 17.1 Å². The summed E-state index contributed by atoms with van der Waals surface area (Å²) in [5.74, 6) is 0. The predicted molar refractivity (Wildman–Crippen MR) is 453 cm³/mol. The van der Waals surface area contributed by atoms with Crippen molar-refractivity contribution in [3.63, 3.8) is 0 Å². The lowest BCUT2D eigenvalue weighted by atomic mass is 9.33. The van der Waals surface area contributed by atoms with Crippen LogP contribution < -0.4 is 26.2 Å². The van der Waals surface area contributed by atoms with Crippen molar-refractivity contribution in [1.82, 2.24) is 13.7 Å². The monoisotopic (exact) mass is 1360 g/mol. The Morgan fingerprint density at radius 1 is 0.202 bits per heavy atom. The molecule has 0 unspecified atom stereocenters. The number of anilines is 6. The molecule has 5 heterocycles. The van der Waals surface area contributed by atoms with Crippen LogP contribution in [0, 0.1) is 0 Å². The van der Waals surface area contributed by atoms with Crippen LogP contribution in [-0.2, 0) is 43.3 Å². The highest BCUT2D eigenvalue weighted by Gasteiger charge is 2.46. The third-order valence-electron chi connectivity index (χ3n) is 23.2. The molecule has 11 aromatic carbocycles. The van der Waals surface area contributed by atoms with Crippen molar-refractivity contribution in [1.29, 1.82) is 0 Å². The first-order valence-corrected chi connectivity index (χ1v) is 38.2. The van der Waals surface area contributed by atoms with Crippen LogP contribution in [0.25, 0.3) is 82.5 Å². The maximum Gasteiger partial charge on any atom is 0.252 e. The van der Waals surface area contributed by atoms with Crippen LogP contribution in [0.2, 0.25) is 0 Å². The third kappa shape index (κ3) is 11.2. The van der Waals surface area contributed by atoms with Gasteiger partial charge in [0.1, 0.15) is 0 Å². The van der Waals surface area contributed by atoms with Gasteiger partial charge in [0.2, 0.25) is 0 Å². The molecular formula is C98H106BN5. The van der Waals surface area contributed by atoms with Gasteiger partial charge in [-0.05, 0) is 226 Å². The number of aromatic nitrogens is 3. The maximum atomic E-state index is 2.72. The Bertz CT molecular complexity index is 5640. The average molecular weight is 1360 g/mol. The van der Waals surface area contributed by atoms with E-state index in [1.165, 1.54) is 149 Å². The molecule has 0 radical (unpaired) electrons. The van der Waals surface area contributed by atoms with Crippen molar-refractivity contribution in [2.75, 3.05) is 9.80 Å². The zero-order valence-electron chi connectivity index (χ0n) is 66.4. The second-order valence-electron chi connectivity index (χ2n) is 39.0. The van der Waals surface area contributed by atoms with E-state index in [-0.39, 0.29) is 50.0 Å². The molecule has 0 bridgehead atoms. The molecule has 6 heteroatoms. The first-order chi connectivity index (χ1) is 48.6. The molecule has 5 nitrogen and oxygen atoms in total. The molecule has 16 rings (SSSR count). The highest BCUT2D eigenvalue weighted by molar-refractivity contribution is 7.00. The number of fused-ring (bicyclic) bond motifs is 13. The largest absolute Gasteiger partial charge is 0.311 e. The van der Waals surface area contributed by atoms with E-state index in [1.807, 2.05) is 0 Å². The summed E-state index contributed by atoms with van der Waals surface area (Å²) in [6.07, 6.45) is 0. The van der Waals surface area contributed by atoms with Gasteiger partial charge in [0.05, 0.1) is 38.8 Å². The first-order valence-electron chi connectivity index (χ1n) is 38.2. The average Bonchev–Trinajstić information content (AvgIpc) is 0.811. The minimum Gasteiger partial charge on any atom is -0.311 e. The van der Waals surface area contributed by atoms with Crippen LogP contribution >= 0.6 is 0 Å². The predicted octanol–water partition coefficient (Wildman–Crippen LogP) is 25.4. The molecule has 104 heavy (non-hydrogen) atoms. The van der Waals surface area contributed by atoms with Crippen LogP contribution in [0.4, 0.5) is 34.1 Å². The summed E-state index contributed by atoms with van der Waals surface area (Å²) in [4.78, 5) is 5.43. The van der Waals surface area contributed by atoms with Gasteiger partial charge in [-0.2, -0.15) is 0 Å². The van der Waals surface area contributed by atoms with Gasteiger partial charge in [0, 0.05) is 77.8 Å². The van der Waals surface area contributed by atoms with Gasteiger partial charge in [-0.25, -0.2) is 0 Å². The van der Waals surface area contributed by atoms with Crippen molar-refractivity contribution in [2.24, 2.45) is 0 Å². The molecule has 0 atom stereocenters. The second-order valence-corrected chi connectivity index (χ2v) is 39.0. The van der Waals surface area contributed by atoms with Crippen LogP contribution in [0.3, 0.4) is 0 Å². The molecule has 0 amide bonds. The van der Waals surface area contributed by atoms with E-state index in [9.17, 15) is 0 Å². The van der Waals surface area contributed by atoms with Crippen molar-refractivity contribution >= 4 is 123 Å². The summed E-state index contributed by atoms with van der Waals surface area (Å²) in [7, 11) is 0. The van der Waals surface area contributed by atoms with Crippen molar-refractivity contribution < 1.29 is 0 Å². The molecule has 0 spiro atoms. The SMILES string of the molecule is CC(C)(C)c1cc(N2c3cc(-n4c5ccccc5c5ccccc54)ccc3B3c4ccc(-n5c6ccc(C(C)(C)C)cc6c6cc(C(C)(C)C)ccc65)cc4N(c4cc(C(C)(C)C)cc(C(C)(C)C)c4)c4cc(-n5c6ccc(C(C)(C)C)cc6c6cc(C(C)(C)C)ccc65)cc2c43)cc(C(C)(C)C)c1.